The maximum atomic E-state index is 5.25. The van der Waals surface area contributed by atoms with Gasteiger partial charge in [-0.25, -0.2) is 0 Å². The van der Waals surface area contributed by atoms with Crippen LogP contribution in [0.3, 0.4) is 0 Å². The number of aromatic nitrogens is 2. The quantitative estimate of drug-likeness (QED) is 0.554. The van der Waals surface area contributed by atoms with Crippen LogP contribution in [-0.2, 0) is 0 Å². The minimum atomic E-state index is 0.638. The van der Waals surface area contributed by atoms with Gasteiger partial charge >= 0.3 is 0 Å². The van der Waals surface area contributed by atoms with Gasteiger partial charge in [-0.3, -0.25) is 0 Å². The van der Waals surface area contributed by atoms with Gasteiger partial charge in [0.15, 0.2) is 4.77 Å². The van der Waals surface area contributed by atoms with Crippen LogP contribution in [0, 0.1) is 10.7 Å². The maximum Gasteiger partial charge on any atom is 0.177 e. The van der Waals surface area contributed by atoms with Gasteiger partial charge in [-0.15, -0.1) is 0 Å². The fourth-order valence-corrected chi connectivity index (χ4v) is 2.64. The summed E-state index contributed by atoms with van der Waals surface area (Å²) in [7, 11) is 0. The van der Waals surface area contributed by atoms with Crippen molar-refractivity contribution in [3.63, 3.8) is 0 Å². The molecule has 1 aromatic rings. The average molecular weight is 210 g/mol. The summed E-state index contributed by atoms with van der Waals surface area (Å²) in [5, 5.41) is 0. The molecule has 2 rings (SSSR count). The molecule has 0 bridgehead atoms. The van der Waals surface area contributed by atoms with Gasteiger partial charge in [-0.05, 0) is 37.4 Å². The Labute approximate surface area is 90.3 Å². The van der Waals surface area contributed by atoms with Crippen molar-refractivity contribution >= 4 is 12.2 Å². The van der Waals surface area contributed by atoms with Gasteiger partial charge < -0.3 is 9.55 Å². The summed E-state index contributed by atoms with van der Waals surface area (Å²) in [4.78, 5) is 3.08. The SMILES string of the molecule is CC1CCCC(n2cc[nH]c2=S)CC1. The zero-order valence-corrected chi connectivity index (χ0v) is 9.52. The van der Waals surface area contributed by atoms with Crippen LogP contribution in [0.15, 0.2) is 12.4 Å². The lowest BCUT2D eigenvalue weighted by molar-refractivity contribution is 0.429. The van der Waals surface area contributed by atoms with Gasteiger partial charge in [-0.1, -0.05) is 19.8 Å². The Hall–Kier alpha value is -0.570. The molecule has 1 aromatic heterocycles. The van der Waals surface area contributed by atoms with E-state index in [9.17, 15) is 0 Å². The van der Waals surface area contributed by atoms with Crippen LogP contribution < -0.4 is 0 Å². The highest BCUT2D eigenvalue weighted by Gasteiger charge is 2.17. The summed E-state index contributed by atoms with van der Waals surface area (Å²) in [5.41, 5.74) is 0. The van der Waals surface area contributed by atoms with E-state index in [1.165, 1.54) is 32.1 Å². The predicted octanol–water partition coefficient (Wildman–Crippen LogP) is 3.69. The van der Waals surface area contributed by atoms with Crippen molar-refractivity contribution in [1.82, 2.24) is 9.55 Å². The van der Waals surface area contributed by atoms with Crippen molar-refractivity contribution in [2.45, 2.75) is 45.1 Å². The summed E-state index contributed by atoms with van der Waals surface area (Å²) in [5.74, 6) is 0.896. The zero-order chi connectivity index (χ0) is 9.97. The van der Waals surface area contributed by atoms with Crippen molar-refractivity contribution in [1.29, 1.82) is 0 Å². The lowest BCUT2D eigenvalue weighted by Crippen LogP contribution is -2.07. The number of imidazole rings is 1. The molecule has 0 radical (unpaired) electrons. The van der Waals surface area contributed by atoms with E-state index < -0.39 is 0 Å². The largest absolute Gasteiger partial charge is 0.337 e. The van der Waals surface area contributed by atoms with Crippen molar-refractivity contribution in [3.8, 4) is 0 Å². The van der Waals surface area contributed by atoms with Crippen LogP contribution in [-0.4, -0.2) is 9.55 Å². The number of nitrogens with one attached hydrogen (secondary N) is 1. The molecule has 78 valence electrons. The van der Waals surface area contributed by atoms with E-state index in [1.54, 1.807) is 0 Å². The van der Waals surface area contributed by atoms with Gasteiger partial charge in [0.1, 0.15) is 0 Å². The molecule has 0 saturated heterocycles. The highest BCUT2D eigenvalue weighted by Crippen LogP contribution is 2.30. The average Bonchev–Trinajstić information content (AvgIpc) is 2.46. The molecule has 2 nitrogen and oxygen atoms in total. The van der Waals surface area contributed by atoms with Crippen molar-refractivity contribution in [3.05, 3.63) is 17.2 Å². The van der Waals surface area contributed by atoms with Crippen LogP contribution >= 0.6 is 12.2 Å². The summed E-state index contributed by atoms with van der Waals surface area (Å²) in [6.45, 7) is 2.36. The third kappa shape index (κ3) is 2.08. The van der Waals surface area contributed by atoms with E-state index in [4.69, 9.17) is 12.2 Å². The van der Waals surface area contributed by atoms with Crippen molar-refractivity contribution in [2.24, 2.45) is 5.92 Å². The number of H-pyrrole nitrogens is 1. The second-order valence-corrected chi connectivity index (χ2v) is 4.83. The first-order valence-electron chi connectivity index (χ1n) is 5.53. The molecular formula is C11H18N2S. The van der Waals surface area contributed by atoms with Crippen LogP contribution in [0.25, 0.3) is 0 Å². The molecule has 3 heteroatoms. The molecule has 1 saturated carbocycles. The molecule has 0 aromatic carbocycles. The fourth-order valence-electron chi connectivity index (χ4n) is 2.36. The van der Waals surface area contributed by atoms with Crippen LogP contribution in [0.4, 0.5) is 0 Å². The molecule has 2 atom stereocenters. The fraction of sp³-hybridized carbons (Fsp3) is 0.727. The summed E-state index contributed by atoms with van der Waals surface area (Å²) in [6.07, 6.45) is 10.7. The molecule has 14 heavy (non-hydrogen) atoms. The smallest absolute Gasteiger partial charge is 0.177 e. The molecule has 1 aliphatic rings. The maximum absolute atomic E-state index is 5.25. The summed E-state index contributed by atoms with van der Waals surface area (Å²) >= 11 is 5.25. The number of aromatic amines is 1. The van der Waals surface area contributed by atoms with Gasteiger partial charge in [0.25, 0.3) is 0 Å². The number of hydrogen-bond acceptors (Lipinski definition) is 1. The highest BCUT2D eigenvalue weighted by atomic mass is 32.1. The third-order valence-electron chi connectivity index (χ3n) is 3.30. The molecule has 1 N–H and O–H groups in total. The van der Waals surface area contributed by atoms with Crippen molar-refractivity contribution in [2.75, 3.05) is 0 Å². The number of hydrogen-bond donors (Lipinski definition) is 1. The molecule has 1 heterocycles. The van der Waals surface area contributed by atoms with Crippen LogP contribution in [0.2, 0.25) is 0 Å². The highest BCUT2D eigenvalue weighted by molar-refractivity contribution is 7.71. The Morgan fingerprint density at radius 2 is 2.21 bits per heavy atom. The Morgan fingerprint density at radius 3 is 2.93 bits per heavy atom. The minimum Gasteiger partial charge on any atom is -0.337 e. The molecule has 0 amide bonds. The van der Waals surface area contributed by atoms with Gasteiger partial charge in [-0.2, -0.15) is 0 Å². The topological polar surface area (TPSA) is 20.7 Å². The monoisotopic (exact) mass is 210 g/mol. The first kappa shape index (κ1) is 9.97. The van der Waals surface area contributed by atoms with Crippen LogP contribution in [0.1, 0.15) is 45.1 Å². The van der Waals surface area contributed by atoms with Crippen LogP contribution in [0.5, 0.6) is 0 Å². The van der Waals surface area contributed by atoms with E-state index in [1.807, 2.05) is 6.20 Å². The summed E-state index contributed by atoms with van der Waals surface area (Å²) in [6, 6.07) is 0.638. The van der Waals surface area contributed by atoms with E-state index in [-0.39, 0.29) is 0 Å². The Balaban J connectivity index is 2.11. The van der Waals surface area contributed by atoms with Crippen molar-refractivity contribution < 1.29 is 0 Å². The number of rotatable bonds is 1. The molecule has 0 aliphatic heterocycles. The normalized spacial score (nSPS) is 28.6. The van der Waals surface area contributed by atoms with E-state index in [0.29, 0.717) is 6.04 Å². The molecular weight excluding hydrogens is 192 g/mol. The van der Waals surface area contributed by atoms with Gasteiger partial charge in [0.05, 0.1) is 0 Å². The molecule has 1 aliphatic carbocycles. The number of nitrogens with zero attached hydrogens (tertiary/aromatic N) is 1. The van der Waals surface area contributed by atoms with E-state index in [0.717, 1.165) is 10.7 Å². The second kappa shape index (κ2) is 4.30. The van der Waals surface area contributed by atoms with E-state index >= 15 is 0 Å². The Kier molecular flexibility index (Phi) is 3.06. The lowest BCUT2D eigenvalue weighted by Gasteiger charge is -2.15. The molecule has 1 fully saturated rings. The molecule has 0 spiro atoms. The van der Waals surface area contributed by atoms with E-state index in [2.05, 4.69) is 22.7 Å². The standard InChI is InChI=1S/C11H18N2S/c1-9-3-2-4-10(6-5-9)13-8-7-12-11(13)14/h7-10H,2-6H2,1H3,(H,12,14). The second-order valence-electron chi connectivity index (χ2n) is 4.44. The third-order valence-corrected chi connectivity index (χ3v) is 3.63. The van der Waals surface area contributed by atoms with Gasteiger partial charge in [0, 0.05) is 18.4 Å². The minimum absolute atomic E-state index is 0.638. The first-order valence-corrected chi connectivity index (χ1v) is 5.93. The van der Waals surface area contributed by atoms with Gasteiger partial charge in [0.2, 0.25) is 0 Å². The Bertz CT molecular complexity index is 339. The first-order chi connectivity index (χ1) is 6.77. The Morgan fingerprint density at radius 1 is 1.36 bits per heavy atom. The molecule has 2 unspecified atom stereocenters. The predicted molar refractivity (Wildman–Crippen MR) is 60.9 cm³/mol. The zero-order valence-electron chi connectivity index (χ0n) is 8.70. The summed E-state index contributed by atoms with van der Waals surface area (Å²) < 4.78 is 3.11. The lowest BCUT2D eigenvalue weighted by atomic mass is 10.0.